The van der Waals surface area contributed by atoms with Gasteiger partial charge in [-0.25, -0.2) is 9.97 Å². The van der Waals surface area contributed by atoms with Crippen LogP contribution in [0.15, 0.2) is 42.7 Å². The number of rotatable bonds is 4. The summed E-state index contributed by atoms with van der Waals surface area (Å²) in [5.74, 6) is 1.71. The number of aromatic nitrogens is 2. The molecule has 2 aromatic heterocycles. The van der Waals surface area contributed by atoms with Gasteiger partial charge in [-0.2, -0.15) is 0 Å². The van der Waals surface area contributed by atoms with Crippen LogP contribution >= 0.6 is 0 Å². The molecule has 0 aliphatic carbocycles. The Bertz CT molecular complexity index is 579. The summed E-state index contributed by atoms with van der Waals surface area (Å²) in [6.45, 7) is 2.08. The Morgan fingerprint density at radius 1 is 1.14 bits per heavy atom. The van der Waals surface area contributed by atoms with Crippen molar-refractivity contribution in [2.45, 2.75) is 18.9 Å². The zero-order chi connectivity index (χ0) is 15.4. The molecule has 0 bridgehead atoms. The molecule has 5 heteroatoms. The summed E-state index contributed by atoms with van der Waals surface area (Å²) >= 11 is 0. The van der Waals surface area contributed by atoms with Crippen molar-refractivity contribution in [2.24, 2.45) is 0 Å². The number of hydrogen-bond acceptors (Lipinski definition) is 5. The van der Waals surface area contributed by atoms with E-state index in [1.807, 2.05) is 30.6 Å². The largest absolute Gasteiger partial charge is 0.481 e. The average molecular weight is 298 g/mol. The van der Waals surface area contributed by atoms with Crippen LogP contribution in [-0.4, -0.2) is 43.3 Å². The molecule has 0 spiro atoms. The number of piperidine rings is 1. The molecule has 3 rings (SSSR count). The third-order valence-corrected chi connectivity index (χ3v) is 4.32. The molecule has 0 N–H and O–H groups in total. The lowest BCUT2D eigenvalue weighted by molar-refractivity contribution is 0.397. The van der Waals surface area contributed by atoms with E-state index in [2.05, 4.69) is 38.9 Å². The molecule has 3 heterocycles. The maximum Gasteiger partial charge on any atom is 0.213 e. The fourth-order valence-corrected chi connectivity index (χ4v) is 2.94. The highest BCUT2D eigenvalue weighted by molar-refractivity contribution is 5.46. The van der Waals surface area contributed by atoms with E-state index < -0.39 is 0 Å². The molecule has 1 aliphatic heterocycles. The third-order valence-electron chi connectivity index (χ3n) is 4.32. The molecule has 1 aliphatic rings. The molecule has 0 atom stereocenters. The van der Waals surface area contributed by atoms with Gasteiger partial charge < -0.3 is 14.5 Å². The fourth-order valence-electron chi connectivity index (χ4n) is 2.94. The van der Waals surface area contributed by atoms with Gasteiger partial charge in [0.25, 0.3) is 0 Å². The van der Waals surface area contributed by atoms with Crippen molar-refractivity contribution in [1.29, 1.82) is 0 Å². The Kier molecular flexibility index (Phi) is 4.42. The van der Waals surface area contributed by atoms with Crippen LogP contribution in [0, 0.1) is 0 Å². The molecule has 1 fully saturated rings. The minimum absolute atomic E-state index is 0.539. The summed E-state index contributed by atoms with van der Waals surface area (Å²) in [6, 6.07) is 10.6. The fraction of sp³-hybridized carbons (Fsp3) is 0.412. The molecule has 1 saturated heterocycles. The summed E-state index contributed by atoms with van der Waals surface area (Å²) in [5.41, 5.74) is 1.17. The first-order valence-corrected chi connectivity index (χ1v) is 7.67. The molecule has 0 amide bonds. The monoisotopic (exact) mass is 298 g/mol. The van der Waals surface area contributed by atoms with Crippen molar-refractivity contribution in [3.05, 3.63) is 42.7 Å². The molecular formula is C17H22N4O. The van der Waals surface area contributed by atoms with Gasteiger partial charge >= 0.3 is 0 Å². The zero-order valence-electron chi connectivity index (χ0n) is 13.1. The second-order valence-electron chi connectivity index (χ2n) is 5.58. The standard InChI is InChI=1S/C17H22N4O/c1-20(16-5-3-4-10-18-16)14-8-11-21(12-9-14)15-6-7-17(22-2)19-13-15/h3-7,10,13-14H,8-9,11-12H2,1-2H3. The van der Waals surface area contributed by atoms with Gasteiger partial charge in [-0.05, 0) is 31.0 Å². The summed E-state index contributed by atoms with van der Waals surface area (Å²) in [4.78, 5) is 13.4. The van der Waals surface area contributed by atoms with Crippen molar-refractivity contribution in [3.8, 4) is 5.88 Å². The summed E-state index contributed by atoms with van der Waals surface area (Å²) in [5, 5.41) is 0. The van der Waals surface area contributed by atoms with Crippen LogP contribution in [0.4, 0.5) is 11.5 Å². The van der Waals surface area contributed by atoms with Crippen molar-refractivity contribution in [1.82, 2.24) is 9.97 Å². The number of ether oxygens (including phenoxy) is 1. The zero-order valence-corrected chi connectivity index (χ0v) is 13.1. The van der Waals surface area contributed by atoms with Crippen molar-refractivity contribution >= 4 is 11.5 Å². The van der Waals surface area contributed by atoms with E-state index >= 15 is 0 Å². The molecular weight excluding hydrogens is 276 g/mol. The van der Waals surface area contributed by atoms with E-state index in [1.165, 1.54) is 5.69 Å². The molecule has 5 nitrogen and oxygen atoms in total. The lowest BCUT2D eigenvalue weighted by atomic mass is 10.0. The summed E-state index contributed by atoms with van der Waals surface area (Å²) in [6.07, 6.45) is 5.99. The van der Waals surface area contributed by atoms with Gasteiger partial charge in [0.05, 0.1) is 19.0 Å². The number of nitrogens with zero attached hydrogens (tertiary/aromatic N) is 4. The van der Waals surface area contributed by atoms with Crippen LogP contribution < -0.4 is 14.5 Å². The van der Waals surface area contributed by atoms with Gasteiger partial charge in [0.15, 0.2) is 0 Å². The number of methoxy groups -OCH3 is 1. The highest BCUT2D eigenvalue weighted by Crippen LogP contribution is 2.24. The van der Waals surface area contributed by atoms with Gasteiger partial charge in [-0.1, -0.05) is 6.07 Å². The minimum Gasteiger partial charge on any atom is -0.481 e. The van der Waals surface area contributed by atoms with Crippen molar-refractivity contribution in [2.75, 3.05) is 37.0 Å². The van der Waals surface area contributed by atoms with Crippen LogP contribution in [0.2, 0.25) is 0 Å². The topological polar surface area (TPSA) is 41.5 Å². The molecule has 2 aromatic rings. The number of anilines is 2. The van der Waals surface area contributed by atoms with E-state index in [4.69, 9.17) is 4.74 Å². The Balaban J connectivity index is 1.60. The summed E-state index contributed by atoms with van der Waals surface area (Å²) < 4.78 is 5.11. The predicted octanol–water partition coefficient (Wildman–Crippen LogP) is 2.59. The lowest BCUT2D eigenvalue weighted by Crippen LogP contribution is -2.43. The minimum atomic E-state index is 0.539. The van der Waals surface area contributed by atoms with Crippen LogP contribution in [0.25, 0.3) is 0 Å². The molecule has 0 saturated carbocycles. The molecule has 116 valence electrons. The quantitative estimate of drug-likeness (QED) is 0.868. The highest BCUT2D eigenvalue weighted by Gasteiger charge is 2.23. The van der Waals surface area contributed by atoms with E-state index in [9.17, 15) is 0 Å². The number of hydrogen-bond donors (Lipinski definition) is 0. The Hall–Kier alpha value is -2.30. The normalized spacial score (nSPS) is 15.6. The van der Waals surface area contributed by atoms with Crippen LogP contribution in [-0.2, 0) is 0 Å². The first-order chi connectivity index (χ1) is 10.8. The Labute approximate surface area is 131 Å². The predicted molar refractivity (Wildman–Crippen MR) is 88.7 cm³/mol. The number of pyridine rings is 2. The smallest absolute Gasteiger partial charge is 0.213 e. The second-order valence-corrected chi connectivity index (χ2v) is 5.58. The maximum absolute atomic E-state index is 5.11. The second kappa shape index (κ2) is 6.64. The van der Waals surface area contributed by atoms with Crippen molar-refractivity contribution in [3.63, 3.8) is 0 Å². The summed E-state index contributed by atoms with van der Waals surface area (Å²) in [7, 11) is 3.78. The van der Waals surface area contributed by atoms with Gasteiger partial charge in [-0.15, -0.1) is 0 Å². The van der Waals surface area contributed by atoms with Gasteiger partial charge in [0.1, 0.15) is 5.82 Å². The van der Waals surface area contributed by atoms with Gasteiger partial charge in [0.2, 0.25) is 5.88 Å². The third kappa shape index (κ3) is 3.13. The van der Waals surface area contributed by atoms with E-state index in [-0.39, 0.29) is 0 Å². The van der Waals surface area contributed by atoms with Crippen LogP contribution in [0.1, 0.15) is 12.8 Å². The Morgan fingerprint density at radius 3 is 2.55 bits per heavy atom. The van der Waals surface area contributed by atoms with E-state index in [0.717, 1.165) is 31.7 Å². The van der Waals surface area contributed by atoms with Crippen LogP contribution in [0.3, 0.4) is 0 Å². The average Bonchev–Trinajstić information content (AvgIpc) is 2.62. The first-order valence-electron chi connectivity index (χ1n) is 7.67. The molecule has 0 aromatic carbocycles. The molecule has 22 heavy (non-hydrogen) atoms. The SMILES string of the molecule is COc1ccc(N2CCC(N(C)c3ccccn3)CC2)cn1. The van der Waals surface area contributed by atoms with E-state index in [0.29, 0.717) is 11.9 Å². The van der Waals surface area contributed by atoms with Gasteiger partial charge in [0, 0.05) is 38.4 Å². The first kappa shape index (κ1) is 14.6. The van der Waals surface area contributed by atoms with Gasteiger partial charge in [-0.3, -0.25) is 0 Å². The Morgan fingerprint density at radius 2 is 1.95 bits per heavy atom. The van der Waals surface area contributed by atoms with Crippen LogP contribution in [0.5, 0.6) is 5.88 Å². The maximum atomic E-state index is 5.11. The molecule has 0 unspecified atom stereocenters. The van der Waals surface area contributed by atoms with E-state index in [1.54, 1.807) is 7.11 Å². The highest BCUT2D eigenvalue weighted by atomic mass is 16.5. The lowest BCUT2D eigenvalue weighted by Gasteiger charge is -2.38. The van der Waals surface area contributed by atoms with Crippen molar-refractivity contribution < 1.29 is 4.74 Å². The molecule has 0 radical (unpaired) electrons.